The van der Waals surface area contributed by atoms with E-state index in [4.69, 9.17) is 10.5 Å². The normalized spacial score (nSPS) is 12.5. The second-order valence-electron chi connectivity index (χ2n) is 4.23. The molecule has 0 bridgehead atoms. The Balaban J connectivity index is 4.08. The zero-order valence-corrected chi connectivity index (χ0v) is 10.9. The van der Waals surface area contributed by atoms with Crippen LogP contribution in [0.25, 0.3) is 0 Å². The van der Waals surface area contributed by atoms with Gasteiger partial charge in [0, 0.05) is 26.6 Å². The van der Waals surface area contributed by atoms with E-state index < -0.39 is 0 Å². The lowest BCUT2D eigenvalue weighted by molar-refractivity contribution is -0.132. The first-order chi connectivity index (χ1) is 7.65. The van der Waals surface area contributed by atoms with Crippen molar-refractivity contribution in [3.8, 4) is 0 Å². The highest BCUT2D eigenvalue weighted by molar-refractivity contribution is 5.76. The SMILES string of the molecule is CCC(C)CC(=O)N(CCCN)CCOC. The maximum Gasteiger partial charge on any atom is 0.222 e. The Morgan fingerprint density at radius 2 is 2.12 bits per heavy atom. The van der Waals surface area contributed by atoms with Gasteiger partial charge in [0.2, 0.25) is 5.91 Å². The van der Waals surface area contributed by atoms with Crippen molar-refractivity contribution >= 4 is 5.91 Å². The maximum atomic E-state index is 12.0. The van der Waals surface area contributed by atoms with Crippen LogP contribution in [0.1, 0.15) is 33.1 Å². The summed E-state index contributed by atoms with van der Waals surface area (Å²) < 4.78 is 5.01. The minimum absolute atomic E-state index is 0.222. The van der Waals surface area contributed by atoms with E-state index in [1.807, 2.05) is 4.90 Å². The van der Waals surface area contributed by atoms with Crippen LogP contribution in [0.3, 0.4) is 0 Å². The summed E-state index contributed by atoms with van der Waals surface area (Å²) >= 11 is 0. The molecule has 0 fully saturated rings. The van der Waals surface area contributed by atoms with Gasteiger partial charge in [-0.05, 0) is 18.9 Å². The molecule has 0 rings (SSSR count). The molecule has 16 heavy (non-hydrogen) atoms. The smallest absolute Gasteiger partial charge is 0.222 e. The molecule has 0 aromatic heterocycles. The number of carbonyl (C=O) groups excluding carboxylic acids is 1. The first-order valence-electron chi connectivity index (χ1n) is 6.12. The summed E-state index contributed by atoms with van der Waals surface area (Å²) in [6.45, 7) is 6.85. The summed E-state index contributed by atoms with van der Waals surface area (Å²) in [5, 5.41) is 0. The van der Waals surface area contributed by atoms with Gasteiger partial charge in [0.25, 0.3) is 0 Å². The summed E-state index contributed by atoms with van der Waals surface area (Å²) in [7, 11) is 1.65. The summed E-state index contributed by atoms with van der Waals surface area (Å²) in [5.41, 5.74) is 5.46. The second kappa shape index (κ2) is 9.60. The fourth-order valence-corrected chi connectivity index (χ4v) is 1.42. The molecule has 1 atom stereocenters. The molecule has 0 saturated carbocycles. The average Bonchev–Trinajstić information content (AvgIpc) is 2.28. The molecule has 0 spiro atoms. The number of rotatable bonds is 9. The lowest BCUT2D eigenvalue weighted by Gasteiger charge is -2.23. The molecule has 0 aliphatic rings. The van der Waals surface area contributed by atoms with E-state index in [9.17, 15) is 4.79 Å². The fourth-order valence-electron chi connectivity index (χ4n) is 1.42. The molecule has 0 aromatic carbocycles. The van der Waals surface area contributed by atoms with Crippen molar-refractivity contribution in [3.63, 3.8) is 0 Å². The molecule has 0 saturated heterocycles. The predicted molar refractivity (Wildman–Crippen MR) is 66.2 cm³/mol. The van der Waals surface area contributed by atoms with Crippen molar-refractivity contribution in [2.24, 2.45) is 11.7 Å². The van der Waals surface area contributed by atoms with Crippen LogP contribution >= 0.6 is 0 Å². The van der Waals surface area contributed by atoms with Crippen molar-refractivity contribution in [1.29, 1.82) is 0 Å². The molecule has 0 heterocycles. The standard InChI is InChI=1S/C12H26N2O2/c1-4-11(2)10-12(15)14(7-5-6-13)8-9-16-3/h11H,4-10,13H2,1-3H3. The zero-order valence-electron chi connectivity index (χ0n) is 10.9. The highest BCUT2D eigenvalue weighted by Crippen LogP contribution is 2.09. The molecule has 0 radical (unpaired) electrons. The number of hydrogen-bond donors (Lipinski definition) is 1. The van der Waals surface area contributed by atoms with E-state index >= 15 is 0 Å². The third kappa shape index (κ3) is 6.80. The van der Waals surface area contributed by atoms with Crippen molar-refractivity contribution in [3.05, 3.63) is 0 Å². The van der Waals surface area contributed by atoms with Gasteiger partial charge < -0.3 is 15.4 Å². The third-order valence-electron chi connectivity index (χ3n) is 2.77. The summed E-state index contributed by atoms with van der Waals surface area (Å²) in [4.78, 5) is 13.8. The van der Waals surface area contributed by atoms with Gasteiger partial charge in [0.15, 0.2) is 0 Å². The number of hydrogen-bond acceptors (Lipinski definition) is 3. The van der Waals surface area contributed by atoms with Crippen LogP contribution in [0.15, 0.2) is 0 Å². The molecular formula is C12H26N2O2. The topological polar surface area (TPSA) is 55.6 Å². The summed E-state index contributed by atoms with van der Waals surface area (Å²) in [5.74, 6) is 0.676. The number of nitrogens with zero attached hydrogens (tertiary/aromatic N) is 1. The Bertz CT molecular complexity index is 178. The van der Waals surface area contributed by atoms with Gasteiger partial charge in [-0.3, -0.25) is 4.79 Å². The van der Waals surface area contributed by atoms with Crippen LogP contribution in [0.5, 0.6) is 0 Å². The zero-order chi connectivity index (χ0) is 12.4. The van der Waals surface area contributed by atoms with Gasteiger partial charge in [-0.1, -0.05) is 20.3 Å². The minimum Gasteiger partial charge on any atom is -0.383 e. The van der Waals surface area contributed by atoms with Crippen molar-refractivity contribution in [1.82, 2.24) is 4.90 Å². The van der Waals surface area contributed by atoms with E-state index in [2.05, 4.69) is 13.8 Å². The van der Waals surface area contributed by atoms with Gasteiger partial charge in [0.1, 0.15) is 0 Å². The molecule has 4 nitrogen and oxygen atoms in total. The van der Waals surface area contributed by atoms with Gasteiger partial charge in [-0.15, -0.1) is 0 Å². The summed E-state index contributed by atoms with van der Waals surface area (Å²) in [6.07, 6.45) is 2.53. The third-order valence-corrected chi connectivity index (χ3v) is 2.77. The Kier molecular flexibility index (Phi) is 9.24. The van der Waals surface area contributed by atoms with E-state index in [0.717, 1.165) is 19.4 Å². The second-order valence-corrected chi connectivity index (χ2v) is 4.23. The van der Waals surface area contributed by atoms with Crippen LogP contribution in [-0.4, -0.2) is 44.2 Å². The minimum atomic E-state index is 0.222. The van der Waals surface area contributed by atoms with E-state index in [1.54, 1.807) is 7.11 Å². The predicted octanol–water partition coefficient (Wildman–Crippen LogP) is 1.25. The first-order valence-corrected chi connectivity index (χ1v) is 6.12. The highest BCUT2D eigenvalue weighted by atomic mass is 16.5. The van der Waals surface area contributed by atoms with Gasteiger partial charge in [-0.25, -0.2) is 0 Å². The van der Waals surface area contributed by atoms with Crippen LogP contribution in [0.4, 0.5) is 0 Å². The van der Waals surface area contributed by atoms with Gasteiger partial charge in [-0.2, -0.15) is 0 Å². The van der Waals surface area contributed by atoms with Crippen LogP contribution in [0, 0.1) is 5.92 Å². The first kappa shape index (κ1) is 15.4. The van der Waals surface area contributed by atoms with Crippen LogP contribution < -0.4 is 5.73 Å². The Hall–Kier alpha value is -0.610. The van der Waals surface area contributed by atoms with Crippen molar-refractivity contribution in [2.45, 2.75) is 33.1 Å². The van der Waals surface area contributed by atoms with Gasteiger partial charge >= 0.3 is 0 Å². The van der Waals surface area contributed by atoms with Gasteiger partial charge in [0.05, 0.1) is 6.61 Å². The maximum absolute atomic E-state index is 12.0. The monoisotopic (exact) mass is 230 g/mol. The Labute approximate surface area is 99.1 Å². The molecule has 1 amide bonds. The quantitative estimate of drug-likeness (QED) is 0.648. The Morgan fingerprint density at radius 1 is 1.44 bits per heavy atom. The van der Waals surface area contributed by atoms with E-state index in [-0.39, 0.29) is 5.91 Å². The summed E-state index contributed by atoms with van der Waals surface area (Å²) in [6, 6.07) is 0. The molecule has 96 valence electrons. The number of nitrogens with two attached hydrogens (primary N) is 1. The number of amides is 1. The fraction of sp³-hybridized carbons (Fsp3) is 0.917. The molecule has 0 aliphatic heterocycles. The highest BCUT2D eigenvalue weighted by Gasteiger charge is 2.14. The number of ether oxygens (including phenoxy) is 1. The lowest BCUT2D eigenvalue weighted by Crippen LogP contribution is -2.36. The van der Waals surface area contributed by atoms with Crippen LogP contribution in [-0.2, 0) is 9.53 Å². The molecule has 0 aliphatic carbocycles. The van der Waals surface area contributed by atoms with E-state index in [0.29, 0.717) is 32.0 Å². The van der Waals surface area contributed by atoms with Crippen molar-refractivity contribution in [2.75, 3.05) is 33.4 Å². The Morgan fingerprint density at radius 3 is 2.62 bits per heavy atom. The van der Waals surface area contributed by atoms with Crippen LogP contribution in [0.2, 0.25) is 0 Å². The molecule has 0 aromatic rings. The number of carbonyl (C=O) groups is 1. The lowest BCUT2D eigenvalue weighted by atomic mass is 10.0. The largest absolute Gasteiger partial charge is 0.383 e. The van der Waals surface area contributed by atoms with Crippen molar-refractivity contribution < 1.29 is 9.53 Å². The number of methoxy groups -OCH3 is 1. The molecular weight excluding hydrogens is 204 g/mol. The molecule has 4 heteroatoms. The molecule has 1 unspecified atom stereocenters. The molecule has 2 N–H and O–H groups in total. The average molecular weight is 230 g/mol. The van der Waals surface area contributed by atoms with E-state index in [1.165, 1.54) is 0 Å².